The molecule has 2 heterocycles. The van der Waals surface area contributed by atoms with Crippen LogP contribution >= 0.6 is 11.3 Å². The zero-order valence-corrected chi connectivity index (χ0v) is 9.10. The number of amides is 1. The molecule has 0 radical (unpaired) electrons. The van der Waals surface area contributed by atoms with Gasteiger partial charge in [0.1, 0.15) is 4.88 Å². The molecule has 0 spiro atoms. The van der Waals surface area contributed by atoms with Crippen LogP contribution in [0.15, 0.2) is 11.4 Å². The van der Waals surface area contributed by atoms with Crippen LogP contribution in [0.25, 0.3) is 0 Å². The van der Waals surface area contributed by atoms with Crippen LogP contribution in [0, 0.1) is 0 Å². The zero-order valence-electron chi connectivity index (χ0n) is 8.28. The van der Waals surface area contributed by atoms with E-state index in [-0.39, 0.29) is 17.8 Å². The molecule has 1 N–H and O–H groups in total. The molecule has 0 aliphatic carbocycles. The van der Waals surface area contributed by atoms with Gasteiger partial charge >= 0.3 is 5.97 Å². The highest BCUT2D eigenvalue weighted by Crippen LogP contribution is 2.30. The summed E-state index contributed by atoms with van der Waals surface area (Å²) in [6.45, 7) is 0.611. The van der Waals surface area contributed by atoms with Gasteiger partial charge in [-0.3, -0.25) is 4.79 Å². The second-order valence-corrected chi connectivity index (χ2v) is 4.32. The van der Waals surface area contributed by atoms with Crippen LogP contribution < -0.4 is 5.32 Å². The summed E-state index contributed by atoms with van der Waals surface area (Å²) in [4.78, 5) is 23.1. The van der Waals surface area contributed by atoms with Crippen LogP contribution in [0.5, 0.6) is 0 Å². The Kier molecular flexibility index (Phi) is 2.73. The Bertz CT molecular complexity index is 399. The average molecular weight is 225 g/mol. The number of hydrogen-bond acceptors (Lipinski definition) is 4. The van der Waals surface area contributed by atoms with E-state index in [1.54, 1.807) is 0 Å². The van der Waals surface area contributed by atoms with Crippen molar-refractivity contribution in [1.82, 2.24) is 5.32 Å². The molecule has 1 unspecified atom stereocenters. The van der Waals surface area contributed by atoms with E-state index in [1.165, 1.54) is 18.4 Å². The molecule has 5 heteroatoms. The molecule has 1 aliphatic rings. The number of rotatable bonds is 2. The van der Waals surface area contributed by atoms with Gasteiger partial charge in [0, 0.05) is 18.9 Å². The number of thiophene rings is 1. The van der Waals surface area contributed by atoms with E-state index in [2.05, 4.69) is 10.1 Å². The third-order valence-electron chi connectivity index (χ3n) is 2.48. The molecule has 0 bridgehead atoms. The lowest BCUT2D eigenvalue weighted by Crippen LogP contribution is -2.14. The SMILES string of the molecule is COC(=O)c1sccc1C1CNC(=O)C1. The lowest BCUT2D eigenvalue weighted by Gasteiger charge is -2.07. The highest BCUT2D eigenvalue weighted by atomic mass is 32.1. The van der Waals surface area contributed by atoms with Crippen molar-refractivity contribution < 1.29 is 14.3 Å². The van der Waals surface area contributed by atoms with E-state index in [1.807, 2.05) is 11.4 Å². The molecule has 1 atom stereocenters. The lowest BCUT2D eigenvalue weighted by atomic mass is 9.99. The topological polar surface area (TPSA) is 55.4 Å². The molecular weight excluding hydrogens is 214 g/mol. The summed E-state index contributed by atoms with van der Waals surface area (Å²) >= 11 is 1.36. The first-order chi connectivity index (χ1) is 7.22. The highest BCUT2D eigenvalue weighted by Gasteiger charge is 2.27. The van der Waals surface area contributed by atoms with E-state index < -0.39 is 0 Å². The van der Waals surface area contributed by atoms with Crippen molar-refractivity contribution in [1.29, 1.82) is 0 Å². The Labute approximate surface area is 91.2 Å². The van der Waals surface area contributed by atoms with Gasteiger partial charge in [-0.05, 0) is 17.0 Å². The summed E-state index contributed by atoms with van der Waals surface area (Å²) in [6.07, 6.45) is 0.459. The van der Waals surface area contributed by atoms with Crippen LogP contribution in [-0.4, -0.2) is 25.5 Å². The van der Waals surface area contributed by atoms with Gasteiger partial charge in [-0.1, -0.05) is 0 Å². The Morgan fingerprint density at radius 1 is 1.67 bits per heavy atom. The number of nitrogens with one attached hydrogen (secondary N) is 1. The van der Waals surface area contributed by atoms with Gasteiger partial charge in [0.25, 0.3) is 0 Å². The average Bonchev–Trinajstić information content (AvgIpc) is 2.84. The molecule has 1 aromatic rings. The predicted octanol–water partition coefficient (Wildman–Crippen LogP) is 1.14. The summed E-state index contributed by atoms with van der Waals surface area (Å²) in [5.74, 6) is -0.167. The first-order valence-electron chi connectivity index (χ1n) is 4.64. The molecule has 2 rings (SSSR count). The largest absolute Gasteiger partial charge is 0.465 e. The fourth-order valence-electron chi connectivity index (χ4n) is 1.72. The summed E-state index contributed by atoms with van der Waals surface area (Å²) in [5, 5.41) is 4.61. The van der Waals surface area contributed by atoms with E-state index in [0.29, 0.717) is 17.8 Å². The Morgan fingerprint density at radius 3 is 3.07 bits per heavy atom. The van der Waals surface area contributed by atoms with Gasteiger partial charge in [-0.15, -0.1) is 11.3 Å². The minimum atomic E-state index is -0.320. The first kappa shape index (κ1) is 10.2. The maximum Gasteiger partial charge on any atom is 0.348 e. The van der Waals surface area contributed by atoms with Gasteiger partial charge < -0.3 is 10.1 Å². The van der Waals surface area contributed by atoms with Crippen molar-refractivity contribution in [3.05, 3.63) is 21.9 Å². The molecule has 1 saturated heterocycles. The standard InChI is InChI=1S/C10H11NO3S/c1-14-10(13)9-7(2-3-15-9)6-4-8(12)11-5-6/h2-3,6H,4-5H2,1H3,(H,11,12). The molecule has 0 aromatic carbocycles. The van der Waals surface area contributed by atoms with Gasteiger partial charge in [0.05, 0.1) is 7.11 Å². The van der Waals surface area contributed by atoms with Crippen LogP contribution in [0.4, 0.5) is 0 Å². The van der Waals surface area contributed by atoms with Crippen LogP contribution in [0.2, 0.25) is 0 Å². The third kappa shape index (κ3) is 1.87. The monoisotopic (exact) mass is 225 g/mol. The van der Waals surface area contributed by atoms with Crippen molar-refractivity contribution in [2.75, 3.05) is 13.7 Å². The summed E-state index contributed by atoms with van der Waals surface area (Å²) < 4.78 is 4.69. The van der Waals surface area contributed by atoms with Gasteiger partial charge in [0.15, 0.2) is 0 Å². The van der Waals surface area contributed by atoms with Gasteiger partial charge in [0.2, 0.25) is 5.91 Å². The zero-order chi connectivity index (χ0) is 10.8. The molecule has 0 saturated carbocycles. The minimum absolute atomic E-state index is 0.0435. The lowest BCUT2D eigenvalue weighted by molar-refractivity contribution is -0.119. The van der Waals surface area contributed by atoms with E-state index in [9.17, 15) is 9.59 Å². The molecule has 1 fully saturated rings. The van der Waals surface area contributed by atoms with Crippen LogP contribution in [0.1, 0.15) is 27.6 Å². The Hall–Kier alpha value is -1.36. The van der Waals surface area contributed by atoms with Crippen LogP contribution in [-0.2, 0) is 9.53 Å². The molecule has 80 valence electrons. The smallest absolute Gasteiger partial charge is 0.348 e. The van der Waals surface area contributed by atoms with E-state index in [4.69, 9.17) is 0 Å². The number of ether oxygens (including phenoxy) is 1. The van der Waals surface area contributed by atoms with Crippen molar-refractivity contribution >= 4 is 23.2 Å². The second kappa shape index (κ2) is 4.02. The molecular formula is C10H11NO3S. The van der Waals surface area contributed by atoms with Gasteiger partial charge in [-0.25, -0.2) is 4.79 Å². The predicted molar refractivity (Wildman–Crippen MR) is 56.0 cm³/mol. The highest BCUT2D eigenvalue weighted by molar-refractivity contribution is 7.12. The maximum atomic E-state index is 11.4. The second-order valence-electron chi connectivity index (χ2n) is 3.40. The van der Waals surface area contributed by atoms with Crippen molar-refractivity contribution in [3.8, 4) is 0 Å². The maximum absolute atomic E-state index is 11.4. The number of carbonyl (C=O) groups is 2. The van der Waals surface area contributed by atoms with E-state index in [0.717, 1.165) is 5.56 Å². The molecule has 4 nitrogen and oxygen atoms in total. The summed E-state index contributed by atoms with van der Waals surface area (Å²) in [6, 6.07) is 1.89. The molecule has 1 amide bonds. The minimum Gasteiger partial charge on any atom is -0.465 e. The number of methoxy groups -OCH3 is 1. The molecule has 1 aliphatic heterocycles. The van der Waals surface area contributed by atoms with Crippen molar-refractivity contribution in [3.63, 3.8) is 0 Å². The quantitative estimate of drug-likeness (QED) is 0.768. The number of carbonyl (C=O) groups excluding carboxylic acids is 2. The Balaban J connectivity index is 2.25. The summed E-state index contributed by atoms with van der Waals surface area (Å²) in [7, 11) is 1.36. The van der Waals surface area contributed by atoms with Crippen molar-refractivity contribution in [2.24, 2.45) is 0 Å². The molecule has 15 heavy (non-hydrogen) atoms. The van der Waals surface area contributed by atoms with E-state index >= 15 is 0 Å². The molecule has 1 aromatic heterocycles. The third-order valence-corrected chi connectivity index (χ3v) is 3.39. The fourth-order valence-corrected chi connectivity index (χ4v) is 2.63. The van der Waals surface area contributed by atoms with Crippen LogP contribution in [0.3, 0.4) is 0 Å². The number of esters is 1. The Morgan fingerprint density at radius 2 is 2.47 bits per heavy atom. The van der Waals surface area contributed by atoms with Gasteiger partial charge in [-0.2, -0.15) is 0 Å². The fraction of sp³-hybridized carbons (Fsp3) is 0.400. The first-order valence-corrected chi connectivity index (χ1v) is 5.52. The number of hydrogen-bond donors (Lipinski definition) is 1. The summed E-state index contributed by atoms with van der Waals surface area (Å²) in [5.41, 5.74) is 0.921. The van der Waals surface area contributed by atoms with Crippen molar-refractivity contribution in [2.45, 2.75) is 12.3 Å². The normalized spacial score (nSPS) is 20.1.